The summed E-state index contributed by atoms with van der Waals surface area (Å²) in [6, 6.07) is 36.8. The van der Waals surface area contributed by atoms with E-state index >= 15 is 0 Å². The Hall–Kier alpha value is -2.18. The fourth-order valence-electron chi connectivity index (χ4n) is 8.30. The SMILES string of the molecule is CC(C)(C)[PH+](CC[PH+](C(C)(C)C)C(C)(C)C)C(C)(C)C.[Au+].[Au+].[C-]#Cc1c2ccccc2cc2ccccc12.[C-]#Cc1c2ccccc2cc2ccccc12. The van der Waals surface area contributed by atoms with Gasteiger partial charge < -0.3 is 12.8 Å². The van der Waals surface area contributed by atoms with E-state index in [2.05, 4.69) is 131 Å². The molecule has 6 aromatic carbocycles. The molecule has 0 radical (unpaired) electrons. The van der Waals surface area contributed by atoms with E-state index in [9.17, 15) is 0 Å². The number of benzene rings is 6. The number of hydrogen-bond donors (Lipinski definition) is 0. The first-order valence-electron chi connectivity index (χ1n) is 18.7. The second-order valence-electron chi connectivity index (χ2n) is 18.1. The van der Waals surface area contributed by atoms with E-state index in [4.69, 9.17) is 12.8 Å². The molecule has 6 aromatic rings. The Bertz CT molecular complexity index is 1930. The van der Waals surface area contributed by atoms with Crippen LogP contribution < -0.4 is 0 Å². The molecule has 54 heavy (non-hydrogen) atoms. The van der Waals surface area contributed by atoms with Crippen LogP contribution in [0.2, 0.25) is 0 Å². The third kappa shape index (κ3) is 12.2. The summed E-state index contributed by atoms with van der Waals surface area (Å²) in [5.74, 6) is 5.13. The molecule has 6 rings (SSSR count). The van der Waals surface area contributed by atoms with Crippen LogP contribution in [0.1, 0.15) is 94.2 Å². The molecular formula is C50H60Au2P2+2. The van der Waals surface area contributed by atoms with E-state index in [1.54, 1.807) is 0 Å². The fraction of sp³-hybridized carbons (Fsp3) is 0.360. The summed E-state index contributed by atoms with van der Waals surface area (Å²) in [6.07, 6.45) is 17.9. The maximum Gasteiger partial charge on any atom is 1.00 e. The molecule has 0 unspecified atom stereocenters. The minimum absolute atomic E-state index is 0. The van der Waals surface area contributed by atoms with Gasteiger partial charge in [-0.2, -0.15) is 0 Å². The zero-order valence-corrected chi connectivity index (χ0v) is 40.7. The first-order chi connectivity index (χ1) is 24.3. The average Bonchev–Trinajstić information content (AvgIpc) is 3.06. The van der Waals surface area contributed by atoms with Gasteiger partial charge in [0.05, 0.1) is 32.9 Å². The van der Waals surface area contributed by atoms with Gasteiger partial charge in [-0.3, -0.25) is 11.8 Å². The Morgan fingerprint density at radius 3 is 0.778 bits per heavy atom. The van der Waals surface area contributed by atoms with Gasteiger partial charge >= 0.3 is 44.8 Å². The largest absolute Gasteiger partial charge is 1.00 e. The Morgan fingerprint density at radius 1 is 0.389 bits per heavy atom. The quantitative estimate of drug-likeness (QED) is 0.0545. The van der Waals surface area contributed by atoms with E-state index in [1.165, 1.54) is 12.3 Å². The summed E-state index contributed by atoms with van der Waals surface area (Å²) in [5, 5.41) is 11.0. The predicted molar refractivity (Wildman–Crippen MR) is 241 cm³/mol. The van der Waals surface area contributed by atoms with E-state index < -0.39 is 0 Å². The molecule has 0 atom stereocenters. The molecule has 0 saturated carbocycles. The van der Waals surface area contributed by atoms with Gasteiger partial charge in [-0.05, 0) is 117 Å². The third-order valence-corrected chi connectivity index (χ3v) is 19.3. The summed E-state index contributed by atoms with van der Waals surface area (Å²) in [6.45, 7) is 29.6. The van der Waals surface area contributed by atoms with Crippen molar-refractivity contribution < 1.29 is 44.8 Å². The van der Waals surface area contributed by atoms with Gasteiger partial charge in [0.15, 0.2) is 0 Å². The van der Waals surface area contributed by atoms with Crippen molar-refractivity contribution in [2.24, 2.45) is 0 Å². The van der Waals surface area contributed by atoms with Crippen LogP contribution in [0, 0.1) is 24.7 Å². The second-order valence-corrected chi connectivity index (χ2v) is 27.0. The smallest absolute Gasteiger partial charge is 0.366 e. The van der Waals surface area contributed by atoms with Gasteiger partial charge in [-0.1, -0.05) is 119 Å². The van der Waals surface area contributed by atoms with Crippen LogP contribution in [-0.4, -0.2) is 32.9 Å². The zero-order chi connectivity index (χ0) is 38.5. The van der Waals surface area contributed by atoms with Gasteiger partial charge in [-0.15, -0.1) is 11.1 Å². The molecule has 0 N–H and O–H groups in total. The number of fused-ring (bicyclic) bond motifs is 4. The van der Waals surface area contributed by atoms with Crippen molar-refractivity contribution in [2.75, 3.05) is 12.3 Å². The Kier molecular flexibility index (Phi) is 17.6. The molecule has 0 aliphatic heterocycles. The van der Waals surface area contributed by atoms with Crippen LogP contribution in [0.15, 0.2) is 109 Å². The average molecular weight is 1120 g/mol. The predicted octanol–water partition coefficient (Wildman–Crippen LogP) is 14.5. The molecule has 0 heterocycles. The molecule has 0 aliphatic carbocycles. The van der Waals surface area contributed by atoms with Crippen molar-refractivity contribution in [3.8, 4) is 11.8 Å². The van der Waals surface area contributed by atoms with E-state index in [0.717, 1.165) is 54.2 Å². The van der Waals surface area contributed by atoms with Crippen LogP contribution in [0.5, 0.6) is 0 Å². The minimum Gasteiger partial charge on any atom is -0.366 e. The molecule has 0 nitrogen and oxygen atoms in total. The van der Waals surface area contributed by atoms with Gasteiger partial charge in [-0.25, -0.2) is 0 Å². The van der Waals surface area contributed by atoms with Crippen LogP contribution in [-0.2, 0) is 44.8 Å². The first kappa shape index (κ1) is 48.0. The monoisotopic (exact) mass is 1120 g/mol. The van der Waals surface area contributed by atoms with Crippen molar-refractivity contribution >= 4 is 58.9 Å². The molecule has 0 amide bonds. The summed E-state index contributed by atoms with van der Waals surface area (Å²) in [4.78, 5) is 0. The van der Waals surface area contributed by atoms with Gasteiger partial charge in [0.2, 0.25) is 0 Å². The van der Waals surface area contributed by atoms with Crippen LogP contribution >= 0.6 is 15.8 Å². The maximum absolute atomic E-state index is 7.46. The minimum atomic E-state index is -0.364. The van der Waals surface area contributed by atoms with Crippen molar-refractivity contribution in [3.05, 3.63) is 133 Å². The van der Waals surface area contributed by atoms with Gasteiger partial charge in [0, 0.05) is 15.8 Å². The molecular weight excluding hydrogens is 1060 g/mol. The van der Waals surface area contributed by atoms with Crippen molar-refractivity contribution in [2.45, 2.75) is 104 Å². The topological polar surface area (TPSA) is 0 Å². The number of rotatable bonds is 3. The fourth-order valence-corrected chi connectivity index (χ4v) is 17.8. The normalized spacial score (nSPS) is 11.9. The third-order valence-electron chi connectivity index (χ3n) is 10.0. The van der Waals surface area contributed by atoms with Crippen LogP contribution in [0.4, 0.5) is 0 Å². The maximum atomic E-state index is 7.46. The molecule has 0 bridgehead atoms. The molecule has 0 aliphatic rings. The first-order valence-corrected chi connectivity index (χ1v) is 22.1. The van der Waals surface area contributed by atoms with Crippen molar-refractivity contribution in [3.63, 3.8) is 0 Å². The van der Waals surface area contributed by atoms with Crippen molar-refractivity contribution in [1.82, 2.24) is 0 Å². The zero-order valence-electron chi connectivity index (χ0n) is 34.4. The van der Waals surface area contributed by atoms with E-state index in [-0.39, 0.29) is 60.6 Å². The van der Waals surface area contributed by atoms with E-state index in [1.807, 2.05) is 72.8 Å². The Labute approximate surface area is 362 Å². The van der Waals surface area contributed by atoms with Crippen LogP contribution in [0.3, 0.4) is 0 Å². The summed E-state index contributed by atoms with van der Waals surface area (Å²) < 4.78 is 0. The molecule has 0 spiro atoms. The molecule has 4 heteroatoms. The van der Waals surface area contributed by atoms with E-state index in [0.29, 0.717) is 20.6 Å². The summed E-state index contributed by atoms with van der Waals surface area (Å²) in [7, 11) is -0.729. The number of hydrogen-bond acceptors (Lipinski definition) is 0. The second kappa shape index (κ2) is 19.8. The molecule has 0 saturated heterocycles. The standard InChI is InChI=1S/C18H40P2.2C16H9.2Au/c1-15(2,3)19(16(4,5)6)13-14-20(17(7,8)9)18(10,11)12;2*1-2-14-15-9-5-3-7-12(15)11-13-8-4-6-10-16(13)14;;/h13-14H2,1-12H3;2*3-11H;;/q;2*-1;2*+1/p+2. The van der Waals surface area contributed by atoms with Crippen LogP contribution in [0.25, 0.3) is 43.1 Å². The molecule has 0 fully saturated rings. The van der Waals surface area contributed by atoms with Gasteiger partial charge in [0.1, 0.15) is 0 Å². The molecule has 0 aromatic heterocycles. The summed E-state index contributed by atoms with van der Waals surface area (Å²) in [5.41, 5.74) is 1.77. The summed E-state index contributed by atoms with van der Waals surface area (Å²) >= 11 is 0. The Morgan fingerprint density at radius 2 is 0.593 bits per heavy atom. The van der Waals surface area contributed by atoms with Crippen molar-refractivity contribution in [1.29, 1.82) is 0 Å². The molecule has 290 valence electrons. The van der Waals surface area contributed by atoms with Gasteiger partial charge in [0.25, 0.3) is 0 Å². The Balaban J connectivity index is 0.000000276.